The largest absolute Gasteiger partial charge is 0.457 e. The predicted octanol–water partition coefficient (Wildman–Crippen LogP) is 4.55. The highest BCUT2D eigenvalue weighted by Crippen LogP contribution is 2.30. The number of hydrogen-bond acceptors (Lipinski definition) is 4. The Bertz CT molecular complexity index is 728. The molecule has 6 heteroatoms. The molecule has 2 rings (SSSR count). The second kappa shape index (κ2) is 5.93. The molecule has 0 fully saturated rings. The number of ketones is 1. The molecule has 2 aromatic carbocycles. The molecule has 0 radical (unpaired) electrons. The summed E-state index contributed by atoms with van der Waals surface area (Å²) in [4.78, 5) is 21.8. The minimum Gasteiger partial charge on any atom is -0.457 e. The Hall–Kier alpha value is -2.40. The van der Waals surface area contributed by atoms with Gasteiger partial charge in [0.1, 0.15) is 11.5 Å². The van der Waals surface area contributed by atoms with Crippen molar-refractivity contribution in [1.82, 2.24) is 0 Å². The minimum absolute atomic E-state index is 0.0552. The van der Waals surface area contributed by atoms with Crippen molar-refractivity contribution in [2.24, 2.45) is 0 Å². The third-order valence-electron chi connectivity index (χ3n) is 2.91. The summed E-state index contributed by atoms with van der Waals surface area (Å²) in [5.74, 6) is 0.436. The molecule has 0 aliphatic carbocycles. The van der Waals surface area contributed by atoms with Crippen LogP contribution < -0.4 is 4.74 Å². The van der Waals surface area contributed by atoms with Crippen molar-refractivity contribution in [3.63, 3.8) is 0 Å². The number of halogens is 1. The highest BCUT2D eigenvalue weighted by Gasteiger charge is 2.18. The summed E-state index contributed by atoms with van der Waals surface area (Å²) in [5.41, 5.74) is 0.620. The van der Waals surface area contributed by atoms with E-state index in [2.05, 4.69) is 0 Å². The van der Waals surface area contributed by atoms with Gasteiger partial charge in [0.05, 0.1) is 16.6 Å². The van der Waals surface area contributed by atoms with Gasteiger partial charge in [0.15, 0.2) is 5.78 Å². The number of Topliss-reactive ketones (excluding diaryl/α,β-unsaturated/α-hetero) is 1. The molecule has 2 aromatic rings. The van der Waals surface area contributed by atoms with Gasteiger partial charge in [-0.2, -0.15) is 0 Å². The fraction of sp³-hybridized carbons (Fsp3) is 0.133. The monoisotopic (exact) mass is 305 g/mol. The van der Waals surface area contributed by atoms with E-state index < -0.39 is 4.92 Å². The molecule has 5 nitrogen and oxygen atoms in total. The molecule has 0 bridgehead atoms. The van der Waals surface area contributed by atoms with Crippen LogP contribution in [0.2, 0.25) is 5.02 Å². The highest BCUT2D eigenvalue weighted by atomic mass is 35.5. The van der Waals surface area contributed by atoms with E-state index in [1.54, 1.807) is 18.2 Å². The van der Waals surface area contributed by atoms with Crippen LogP contribution in [0, 0.1) is 17.0 Å². The molecule has 0 atom stereocenters. The zero-order valence-electron chi connectivity index (χ0n) is 11.4. The van der Waals surface area contributed by atoms with E-state index >= 15 is 0 Å². The molecular formula is C15H12ClNO4. The lowest BCUT2D eigenvalue weighted by atomic mass is 10.1. The smallest absolute Gasteiger partial charge is 0.283 e. The number of carbonyl (C=O) groups is 1. The van der Waals surface area contributed by atoms with Crippen LogP contribution in [-0.2, 0) is 0 Å². The number of ether oxygens (including phenoxy) is 1. The van der Waals surface area contributed by atoms with E-state index in [0.717, 1.165) is 5.56 Å². The number of nitro groups is 1. The maximum atomic E-state index is 11.4. The summed E-state index contributed by atoms with van der Waals surface area (Å²) in [5, 5.41) is 11.6. The maximum Gasteiger partial charge on any atom is 0.283 e. The number of benzene rings is 2. The second-order valence-electron chi connectivity index (χ2n) is 4.51. The van der Waals surface area contributed by atoms with Gasteiger partial charge in [-0.1, -0.05) is 11.6 Å². The number of nitrogens with zero attached hydrogens (tertiary/aromatic N) is 1. The van der Waals surface area contributed by atoms with Gasteiger partial charge in [0.25, 0.3) is 5.69 Å². The first kappa shape index (κ1) is 15.0. The van der Waals surface area contributed by atoms with E-state index in [4.69, 9.17) is 16.3 Å². The van der Waals surface area contributed by atoms with Gasteiger partial charge in [-0.15, -0.1) is 0 Å². The average Bonchev–Trinajstić information content (AvgIpc) is 2.42. The number of rotatable bonds is 4. The van der Waals surface area contributed by atoms with E-state index in [0.29, 0.717) is 10.8 Å². The van der Waals surface area contributed by atoms with Crippen molar-refractivity contribution >= 4 is 23.1 Å². The summed E-state index contributed by atoms with van der Waals surface area (Å²) in [6.07, 6.45) is 0. The first-order valence-electron chi connectivity index (χ1n) is 6.12. The summed E-state index contributed by atoms with van der Waals surface area (Å²) in [6.45, 7) is 3.11. The van der Waals surface area contributed by atoms with Crippen molar-refractivity contribution in [3.8, 4) is 11.5 Å². The minimum atomic E-state index is -0.600. The molecule has 21 heavy (non-hydrogen) atoms. The summed E-state index contributed by atoms with van der Waals surface area (Å²) >= 11 is 5.92. The first-order chi connectivity index (χ1) is 9.88. The molecule has 0 saturated carbocycles. The fourth-order valence-electron chi connectivity index (χ4n) is 1.84. The zero-order valence-corrected chi connectivity index (χ0v) is 12.2. The highest BCUT2D eigenvalue weighted by molar-refractivity contribution is 6.31. The third-order valence-corrected chi connectivity index (χ3v) is 3.33. The molecule has 0 saturated heterocycles. The van der Waals surface area contributed by atoms with Crippen molar-refractivity contribution < 1.29 is 14.5 Å². The Labute approximate surface area is 126 Å². The average molecular weight is 306 g/mol. The fourth-order valence-corrected chi connectivity index (χ4v) is 1.96. The second-order valence-corrected chi connectivity index (χ2v) is 4.91. The first-order valence-corrected chi connectivity index (χ1v) is 6.49. The molecule has 0 amide bonds. The Morgan fingerprint density at radius 3 is 2.38 bits per heavy atom. The Morgan fingerprint density at radius 1 is 1.19 bits per heavy atom. The van der Waals surface area contributed by atoms with Crippen molar-refractivity contribution in [2.45, 2.75) is 13.8 Å². The molecule has 0 aliphatic rings. The number of hydrogen-bond donors (Lipinski definition) is 0. The summed E-state index contributed by atoms with van der Waals surface area (Å²) in [7, 11) is 0. The van der Waals surface area contributed by atoms with Crippen molar-refractivity contribution in [3.05, 3.63) is 62.7 Å². The lowest BCUT2D eigenvalue weighted by molar-refractivity contribution is -0.385. The van der Waals surface area contributed by atoms with Gasteiger partial charge >= 0.3 is 0 Å². The Kier molecular flexibility index (Phi) is 4.23. The van der Waals surface area contributed by atoms with Gasteiger partial charge in [-0.05, 0) is 49.7 Å². The van der Waals surface area contributed by atoms with Crippen LogP contribution >= 0.6 is 11.6 Å². The van der Waals surface area contributed by atoms with Gasteiger partial charge in [0.2, 0.25) is 0 Å². The van der Waals surface area contributed by atoms with E-state index in [-0.39, 0.29) is 22.8 Å². The van der Waals surface area contributed by atoms with Crippen molar-refractivity contribution in [2.75, 3.05) is 0 Å². The maximum absolute atomic E-state index is 11.4. The number of nitro benzene ring substituents is 1. The number of aryl methyl sites for hydroxylation is 1. The lowest BCUT2D eigenvalue weighted by Crippen LogP contribution is -2.00. The Morgan fingerprint density at radius 2 is 1.81 bits per heavy atom. The predicted molar refractivity (Wildman–Crippen MR) is 79.4 cm³/mol. The topological polar surface area (TPSA) is 69.4 Å². The zero-order chi connectivity index (χ0) is 15.6. The van der Waals surface area contributed by atoms with Crippen molar-refractivity contribution in [1.29, 1.82) is 0 Å². The van der Waals surface area contributed by atoms with Crippen LogP contribution in [0.15, 0.2) is 36.4 Å². The molecule has 0 spiro atoms. The normalized spacial score (nSPS) is 10.2. The molecule has 0 N–H and O–H groups in total. The lowest BCUT2D eigenvalue weighted by Gasteiger charge is -2.08. The third kappa shape index (κ3) is 3.38. The van der Waals surface area contributed by atoms with Crippen LogP contribution in [0.5, 0.6) is 11.5 Å². The number of carbonyl (C=O) groups excluding carboxylic acids is 1. The summed E-state index contributed by atoms with van der Waals surface area (Å²) in [6, 6.07) is 9.23. The molecule has 0 heterocycles. The van der Waals surface area contributed by atoms with Crippen LogP contribution in [0.25, 0.3) is 0 Å². The van der Waals surface area contributed by atoms with E-state index in [1.165, 1.54) is 25.1 Å². The van der Waals surface area contributed by atoms with Gasteiger partial charge < -0.3 is 4.74 Å². The molecular weight excluding hydrogens is 294 g/mol. The quantitative estimate of drug-likeness (QED) is 0.472. The van der Waals surface area contributed by atoms with Crippen LogP contribution in [0.4, 0.5) is 5.69 Å². The SMILES string of the molecule is CC(=O)c1ccc(Oc2ccc(Cl)c(C)c2)cc1[N+](=O)[O-]. The molecule has 0 unspecified atom stereocenters. The molecule has 108 valence electrons. The Balaban J connectivity index is 2.36. The van der Waals surface area contributed by atoms with Crippen LogP contribution in [0.3, 0.4) is 0 Å². The molecule has 0 aliphatic heterocycles. The van der Waals surface area contributed by atoms with Gasteiger partial charge in [0, 0.05) is 5.02 Å². The van der Waals surface area contributed by atoms with E-state index in [9.17, 15) is 14.9 Å². The van der Waals surface area contributed by atoms with E-state index in [1.807, 2.05) is 6.92 Å². The van der Waals surface area contributed by atoms with Crippen LogP contribution in [-0.4, -0.2) is 10.7 Å². The van der Waals surface area contributed by atoms with Gasteiger partial charge in [-0.25, -0.2) is 0 Å². The molecule has 0 aromatic heterocycles. The standard InChI is InChI=1S/C15H12ClNO4/c1-9-7-11(4-6-14(9)16)21-12-3-5-13(10(2)18)15(8-12)17(19)20/h3-8H,1-2H3. The summed E-state index contributed by atoms with van der Waals surface area (Å²) < 4.78 is 5.57. The van der Waals surface area contributed by atoms with Gasteiger partial charge in [-0.3, -0.25) is 14.9 Å². The van der Waals surface area contributed by atoms with Crippen LogP contribution in [0.1, 0.15) is 22.8 Å².